The third-order valence-electron chi connectivity index (χ3n) is 3.64. The summed E-state index contributed by atoms with van der Waals surface area (Å²) in [6.07, 6.45) is 1.88. The summed E-state index contributed by atoms with van der Waals surface area (Å²) in [7, 11) is 1.65. The van der Waals surface area contributed by atoms with Crippen LogP contribution in [-0.4, -0.2) is 38.4 Å². The predicted molar refractivity (Wildman–Crippen MR) is 83.7 cm³/mol. The maximum atomic E-state index is 6.18. The fourth-order valence-electron chi connectivity index (χ4n) is 2.45. The molecule has 1 saturated heterocycles. The van der Waals surface area contributed by atoms with Gasteiger partial charge in [-0.2, -0.15) is 0 Å². The molecule has 5 heteroatoms. The number of pyridine rings is 1. The smallest absolute Gasteiger partial charge is 0.118 e. The Morgan fingerprint density at radius 1 is 1.19 bits per heavy atom. The summed E-state index contributed by atoms with van der Waals surface area (Å²) in [5.74, 6) is 0.822. The SMILES string of the molecule is COc1ccc(-c2ncc(N3CCOCC3)cc2N)cc1. The van der Waals surface area contributed by atoms with Crippen LogP contribution in [-0.2, 0) is 4.74 Å². The molecule has 0 aliphatic carbocycles. The minimum absolute atomic E-state index is 0.684. The number of nitrogens with zero attached hydrogens (tertiary/aromatic N) is 2. The number of nitrogen functional groups attached to an aromatic ring is 1. The lowest BCUT2D eigenvalue weighted by atomic mass is 10.1. The highest BCUT2D eigenvalue weighted by atomic mass is 16.5. The van der Waals surface area contributed by atoms with Gasteiger partial charge in [-0.05, 0) is 30.3 Å². The first-order valence-corrected chi connectivity index (χ1v) is 7.00. The Morgan fingerprint density at radius 2 is 1.90 bits per heavy atom. The van der Waals surface area contributed by atoms with Crippen molar-refractivity contribution in [3.05, 3.63) is 36.5 Å². The van der Waals surface area contributed by atoms with Crippen molar-refractivity contribution < 1.29 is 9.47 Å². The number of hydrogen-bond acceptors (Lipinski definition) is 5. The quantitative estimate of drug-likeness (QED) is 0.936. The number of morpholine rings is 1. The number of benzene rings is 1. The van der Waals surface area contributed by atoms with E-state index >= 15 is 0 Å². The van der Waals surface area contributed by atoms with Crippen molar-refractivity contribution in [2.24, 2.45) is 0 Å². The molecular weight excluding hydrogens is 266 g/mol. The normalized spacial score (nSPS) is 15.0. The zero-order chi connectivity index (χ0) is 14.7. The fraction of sp³-hybridized carbons (Fsp3) is 0.312. The maximum Gasteiger partial charge on any atom is 0.118 e. The first-order valence-electron chi connectivity index (χ1n) is 7.00. The van der Waals surface area contributed by atoms with Crippen LogP contribution in [0.1, 0.15) is 0 Å². The molecule has 3 rings (SSSR count). The molecule has 0 radical (unpaired) electrons. The third-order valence-corrected chi connectivity index (χ3v) is 3.64. The summed E-state index contributed by atoms with van der Waals surface area (Å²) in [5.41, 5.74) is 9.70. The molecule has 1 aliphatic heterocycles. The van der Waals surface area contributed by atoms with E-state index in [0.29, 0.717) is 5.69 Å². The van der Waals surface area contributed by atoms with Gasteiger partial charge in [-0.25, -0.2) is 0 Å². The summed E-state index contributed by atoms with van der Waals surface area (Å²) >= 11 is 0. The van der Waals surface area contributed by atoms with Gasteiger partial charge >= 0.3 is 0 Å². The molecule has 0 saturated carbocycles. The molecular formula is C16H19N3O2. The van der Waals surface area contributed by atoms with Crippen LogP contribution in [0.15, 0.2) is 36.5 Å². The van der Waals surface area contributed by atoms with Gasteiger partial charge < -0.3 is 20.1 Å². The van der Waals surface area contributed by atoms with E-state index in [1.807, 2.05) is 36.5 Å². The Balaban J connectivity index is 1.86. The van der Waals surface area contributed by atoms with Crippen molar-refractivity contribution in [1.82, 2.24) is 4.98 Å². The second-order valence-corrected chi connectivity index (χ2v) is 4.96. The van der Waals surface area contributed by atoms with Gasteiger partial charge in [-0.1, -0.05) is 0 Å². The molecule has 0 unspecified atom stereocenters. The first-order chi connectivity index (χ1) is 10.3. The van der Waals surface area contributed by atoms with Crippen LogP contribution in [0.25, 0.3) is 11.3 Å². The van der Waals surface area contributed by atoms with Crippen molar-refractivity contribution in [1.29, 1.82) is 0 Å². The van der Waals surface area contributed by atoms with Crippen LogP contribution in [0.5, 0.6) is 5.75 Å². The zero-order valence-electron chi connectivity index (χ0n) is 12.1. The zero-order valence-corrected chi connectivity index (χ0v) is 12.1. The van der Waals surface area contributed by atoms with Crippen molar-refractivity contribution in [3.8, 4) is 17.0 Å². The molecule has 1 aliphatic rings. The van der Waals surface area contributed by atoms with Gasteiger partial charge in [0.2, 0.25) is 0 Å². The van der Waals surface area contributed by atoms with Gasteiger partial charge in [-0.15, -0.1) is 0 Å². The molecule has 2 heterocycles. The largest absolute Gasteiger partial charge is 0.497 e. The second-order valence-electron chi connectivity index (χ2n) is 4.96. The van der Waals surface area contributed by atoms with E-state index in [2.05, 4.69) is 9.88 Å². The van der Waals surface area contributed by atoms with E-state index in [4.69, 9.17) is 15.2 Å². The molecule has 110 valence electrons. The van der Waals surface area contributed by atoms with E-state index in [1.165, 1.54) is 0 Å². The summed E-state index contributed by atoms with van der Waals surface area (Å²) in [6, 6.07) is 9.73. The topological polar surface area (TPSA) is 60.6 Å². The molecule has 2 N–H and O–H groups in total. The number of nitrogens with two attached hydrogens (primary N) is 1. The molecule has 1 aromatic heterocycles. The van der Waals surface area contributed by atoms with Gasteiger partial charge in [0.05, 0.1) is 43.6 Å². The Labute approximate surface area is 124 Å². The summed E-state index contributed by atoms with van der Waals surface area (Å²) < 4.78 is 10.5. The second kappa shape index (κ2) is 6.01. The molecule has 0 bridgehead atoms. The van der Waals surface area contributed by atoms with Crippen molar-refractivity contribution in [2.45, 2.75) is 0 Å². The summed E-state index contributed by atoms with van der Waals surface area (Å²) in [4.78, 5) is 6.77. The molecule has 0 atom stereocenters. The van der Waals surface area contributed by atoms with Gasteiger partial charge in [0, 0.05) is 18.7 Å². The number of hydrogen-bond donors (Lipinski definition) is 1. The highest BCUT2D eigenvalue weighted by Gasteiger charge is 2.13. The van der Waals surface area contributed by atoms with E-state index in [1.54, 1.807) is 7.11 Å². The van der Waals surface area contributed by atoms with Gasteiger partial charge in [0.15, 0.2) is 0 Å². The predicted octanol–water partition coefficient (Wildman–Crippen LogP) is 2.18. The Kier molecular flexibility index (Phi) is 3.92. The lowest BCUT2D eigenvalue weighted by molar-refractivity contribution is 0.122. The molecule has 5 nitrogen and oxygen atoms in total. The van der Waals surface area contributed by atoms with Gasteiger partial charge in [-0.3, -0.25) is 4.98 Å². The van der Waals surface area contributed by atoms with Crippen LogP contribution in [0.3, 0.4) is 0 Å². The molecule has 0 spiro atoms. The summed E-state index contributed by atoms with van der Waals surface area (Å²) in [5, 5.41) is 0. The third kappa shape index (κ3) is 2.92. The minimum atomic E-state index is 0.684. The van der Waals surface area contributed by atoms with Crippen LogP contribution >= 0.6 is 0 Å². The number of rotatable bonds is 3. The molecule has 1 fully saturated rings. The molecule has 0 amide bonds. The first kappa shape index (κ1) is 13.7. The van der Waals surface area contributed by atoms with E-state index in [9.17, 15) is 0 Å². The lowest BCUT2D eigenvalue weighted by Gasteiger charge is -2.28. The number of anilines is 2. The monoisotopic (exact) mass is 285 g/mol. The molecule has 1 aromatic carbocycles. The van der Waals surface area contributed by atoms with E-state index in [-0.39, 0.29) is 0 Å². The summed E-state index contributed by atoms with van der Waals surface area (Å²) in [6.45, 7) is 3.26. The van der Waals surface area contributed by atoms with Crippen LogP contribution in [0.4, 0.5) is 11.4 Å². The Bertz CT molecular complexity index is 607. The van der Waals surface area contributed by atoms with Crippen molar-refractivity contribution in [2.75, 3.05) is 44.0 Å². The fourth-order valence-corrected chi connectivity index (χ4v) is 2.45. The maximum absolute atomic E-state index is 6.18. The average molecular weight is 285 g/mol. The number of methoxy groups -OCH3 is 1. The Hall–Kier alpha value is -2.27. The molecule has 2 aromatic rings. The van der Waals surface area contributed by atoms with Crippen LogP contribution in [0.2, 0.25) is 0 Å². The Morgan fingerprint density at radius 3 is 2.52 bits per heavy atom. The van der Waals surface area contributed by atoms with E-state index < -0.39 is 0 Å². The standard InChI is InChI=1S/C16H19N3O2/c1-20-14-4-2-12(3-5-14)16-15(17)10-13(11-18-16)19-6-8-21-9-7-19/h2-5,10-11H,6-9,17H2,1H3. The van der Waals surface area contributed by atoms with Crippen molar-refractivity contribution >= 4 is 11.4 Å². The molecule has 21 heavy (non-hydrogen) atoms. The van der Waals surface area contributed by atoms with E-state index in [0.717, 1.165) is 49.0 Å². The van der Waals surface area contributed by atoms with Crippen LogP contribution < -0.4 is 15.4 Å². The number of ether oxygens (including phenoxy) is 2. The lowest BCUT2D eigenvalue weighted by Crippen LogP contribution is -2.36. The van der Waals surface area contributed by atoms with Gasteiger partial charge in [0.1, 0.15) is 5.75 Å². The van der Waals surface area contributed by atoms with Crippen molar-refractivity contribution in [3.63, 3.8) is 0 Å². The van der Waals surface area contributed by atoms with Gasteiger partial charge in [0.25, 0.3) is 0 Å². The highest BCUT2D eigenvalue weighted by molar-refractivity contribution is 5.75. The average Bonchev–Trinajstić information content (AvgIpc) is 2.56. The van der Waals surface area contributed by atoms with Crippen LogP contribution in [0, 0.1) is 0 Å². The number of aromatic nitrogens is 1. The minimum Gasteiger partial charge on any atom is -0.497 e. The highest BCUT2D eigenvalue weighted by Crippen LogP contribution is 2.28.